The number of hydrogen-bond donors (Lipinski definition) is 2. The molecule has 4 atom stereocenters. The number of morpholine rings is 1. The highest BCUT2D eigenvalue weighted by Crippen LogP contribution is 2.27. The van der Waals surface area contributed by atoms with Crippen LogP contribution in [0.25, 0.3) is 0 Å². The van der Waals surface area contributed by atoms with Crippen LogP contribution in [0.5, 0.6) is 5.88 Å². The van der Waals surface area contributed by atoms with Gasteiger partial charge in [-0.2, -0.15) is 9.37 Å². The Labute approximate surface area is 182 Å². The van der Waals surface area contributed by atoms with E-state index in [4.69, 9.17) is 9.47 Å². The molecule has 1 aromatic carbocycles. The number of anilines is 3. The first-order valence-corrected chi connectivity index (χ1v) is 11.1. The summed E-state index contributed by atoms with van der Waals surface area (Å²) in [6, 6.07) is 8.00. The second-order valence-electron chi connectivity index (χ2n) is 8.68. The van der Waals surface area contributed by atoms with Crippen LogP contribution in [0.2, 0.25) is 0 Å². The molecule has 0 bridgehead atoms. The fourth-order valence-corrected chi connectivity index (χ4v) is 4.40. The molecule has 8 heteroatoms. The molecule has 2 N–H and O–H groups in total. The molecule has 7 nitrogen and oxygen atoms in total. The van der Waals surface area contributed by atoms with Crippen LogP contribution < -0.4 is 15.0 Å². The van der Waals surface area contributed by atoms with E-state index in [1.807, 2.05) is 24.3 Å². The third kappa shape index (κ3) is 5.83. The zero-order valence-corrected chi connectivity index (χ0v) is 18.1. The number of benzene rings is 1. The smallest absolute Gasteiger partial charge is 0.255 e. The normalized spacial score (nSPS) is 26.5. The van der Waals surface area contributed by atoms with E-state index in [2.05, 4.69) is 34.0 Å². The zero-order chi connectivity index (χ0) is 21.8. The van der Waals surface area contributed by atoms with Crippen molar-refractivity contribution >= 4 is 17.3 Å². The van der Waals surface area contributed by atoms with Crippen molar-refractivity contribution in [2.45, 2.75) is 57.8 Å². The van der Waals surface area contributed by atoms with Crippen LogP contribution in [-0.2, 0) is 4.74 Å². The standard InChI is InChI=1S/C23H31FN4O3/c1-15-12-28(13-16(2)31-15)19-8-6-18(7-9-19)26-23-25-11-21(24)22(27-23)30-14-17-4-3-5-20(29)10-17/h6-9,11,15-17,20,29H,3-5,10,12-14H2,1-2H3,(H,25,26,27)/t15-,16+,17-,20-/m1/s1. The van der Waals surface area contributed by atoms with E-state index >= 15 is 0 Å². The summed E-state index contributed by atoms with van der Waals surface area (Å²) in [5, 5.41) is 12.9. The average Bonchev–Trinajstić information content (AvgIpc) is 2.74. The Kier molecular flexibility index (Phi) is 6.87. The van der Waals surface area contributed by atoms with E-state index in [-0.39, 0.29) is 36.1 Å². The van der Waals surface area contributed by atoms with Gasteiger partial charge in [-0.3, -0.25) is 0 Å². The number of halogens is 1. The van der Waals surface area contributed by atoms with Crippen molar-refractivity contribution in [3.63, 3.8) is 0 Å². The lowest BCUT2D eigenvalue weighted by Crippen LogP contribution is -2.45. The summed E-state index contributed by atoms with van der Waals surface area (Å²) in [5.41, 5.74) is 1.94. The maximum atomic E-state index is 14.1. The van der Waals surface area contributed by atoms with Gasteiger partial charge in [-0.15, -0.1) is 0 Å². The molecular weight excluding hydrogens is 399 g/mol. The lowest BCUT2D eigenvalue weighted by molar-refractivity contribution is -0.00521. The largest absolute Gasteiger partial charge is 0.475 e. The molecular formula is C23H31FN4O3. The number of hydrogen-bond acceptors (Lipinski definition) is 7. The van der Waals surface area contributed by atoms with Crippen LogP contribution in [0.3, 0.4) is 0 Å². The fraction of sp³-hybridized carbons (Fsp3) is 0.565. The number of aliphatic hydroxyl groups is 1. The molecule has 1 aromatic heterocycles. The highest BCUT2D eigenvalue weighted by Gasteiger charge is 2.23. The molecule has 0 unspecified atom stereocenters. The van der Waals surface area contributed by atoms with Crippen LogP contribution in [0.15, 0.2) is 30.5 Å². The minimum absolute atomic E-state index is 0.0644. The maximum Gasteiger partial charge on any atom is 0.255 e. The average molecular weight is 431 g/mol. The molecule has 31 heavy (non-hydrogen) atoms. The van der Waals surface area contributed by atoms with Gasteiger partial charge in [-0.25, -0.2) is 4.98 Å². The molecule has 1 aliphatic carbocycles. The topological polar surface area (TPSA) is 79.7 Å². The Morgan fingerprint density at radius 3 is 2.65 bits per heavy atom. The first-order chi connectivity index (χ1) is 15.0. The van der Waals surface area contributed by atoms with Gasteiger partial charge in [0, 0.05) is 24.5 Å². The zero-order valence-electron chi connectivity index (χ0n) is 18.1. The van der Waals surface area contributed by atoms with E-state index in [1.165, 1.54) is 0 Å². The van der Waals surface area contributed by atoms with Gasteiger partial charge in [0.2, 0.25) is 11.8 Å². The summed E-state index contributed by atoms with van der Waals surface area (Å²) in [6.07, 6.45) is 4.68. The van der Waals surface area contributed by atoms with Crippen molar-refractivity contribution in [3.05, 3.63) is 36.3 Å². The summed E-state index contributed by atoms with van der Waals surface area (Å²) in [6.45, 7) is 6.23. The van der Waals surface area contributed by atoms with Crippen LogP contribution >= 0.6 is 0 Å². The molecule has 0 amide bonds. The van der Waals surface area contributed by atoms with Gasteiger partial charge in [0.1, 0.15) is 0 Å². The van der Waals surface area contributed by atoms with Gasteiger partial charge in [-0.1, -0.05) is 6.42 Å². The van der Waals surface area contributed by atoms with Gasteiger partial charge in [0.25, 0.3) is 5.88 Å². The molecule has 1 saturated carbocycles. The van der Waals surface area contributed by atoms with Crippen molar-refractivity contribution in [1.29, 1.82) is 0 Å². The highest BCUT2D eigenvalue weighted by molar-refractivity contribution is 5.59. The van der Waals surface area contributed by atoms with Gasteiger partial charge in [0.05, 0.1) is 31.1 Å². The molecule has 2 fully saturated rings. The Hall–Kier alpha value is -2.45. The van der Waals surface area contributed by atoms with Gasteiger partial charge in [0.15, 0.2) is 0 Å². The summed E-state index contributed by atoms with van der Waals surface area (Å²) in [4.78, 5) is 10.5. The number of nitrogens with zero attached hydrogens (tertiary/aromatic N) is 3. The maximum absolute atomic E-state index is 14.1. The minimum atomic E-state index is -0.590. The Morgan fingerprint density at radius 2 is 1.94 bits per heavy atom. The van der Waals surface area contributed by atoms with Crippen molar-refractivity contribution < 1.29 is 19.0 Å². The predicted octanol–water partition coefficient (Wildman–Crippen LogP) is 3.90. The van der Waals surface area contributed by atoms with Gasteiger partial charge < -0.3 is 24.8 Å². The second-order valence-corrected chi connectivity index (χ2v) is 8.68. The van der Waals surface area contributed by atoms with E-state index < -0.39 is 5.82 Å². The monoisotopic (exact) mass is 430 g/mol. The number of ether oxygens (including phenoxy) is 2. The number of nitrogens with one attached hydrogen (secondary N) is 1. The van der Waals surface area contributed by atoms with E-state index in [0.29, 0.717) is 13.0 Å². The van der Waals surface area contributed by atoms with Crippen LogP contribution in [0, 0.1) is 11.7 Å². The molecule has 2 aliphatic rings. The molecule has 4 rings (SSSR count). The molecule has 0 radical (unpaired) electrons. The lowest BCUT2D eigenvalue weighted by Gasteiger charge is -2.36. The molecule has 168 valence electrons. The first-order valence-electron chi connectivity index (χ1n) is 11.1. The summed E-state index contributed by atoms with van der Waals surface area (Å²) < 4.78 is 25.5. The summed E-state index contributed by atoms with van der Waals surface area (Å²) in [7, 11) is 0. The second kappa shape index (κ2) is 9.78. The Morgan fingerprint density at radius 1 is 1.19 bits per heavy atom. The van der Waals surface area contributed by atoms with E-state index in [9.17, 15) is 9.50 Å². The first kappa shape index (κ1) is 21.8. The Balaban J connectivity index is 1.37. The fourth-order valence-electron chi connectivity index (χ4n) is 4.40. The quantitative estimate of drug-likeness (QED) is 0.719. The Bertz CT molecular complexity index is 856. The minimum Gasteiger partial charge on any atom is -0.475 e. The van der Waals surface area contributed by atoms with Crippen LogP contribution in [0.1, 0.15) is 39.5 Å². The third-order valence-corrected chi connectivity index (χ3v) is 5.83. The number of aromatic nitrogens is 2. The van der Waals surface area contributed by atoms with E-state index in [0.717, 1.165) is 49.9 Å². The number of aliphatic hydroxyl groups excluding tert-OH is 1. The summed E-state index contributed by atoms with van der Waals surface area (Å²) in [5.74, 6) is -0.160. The lowest BCUT2D eigenvalue weighted by atomic mass is 9.88. The van der Waals surface area contributed by atoms with Crippen LogP contribution in [0.4, 0.5) is 21.7 Å². The van der Waals surface area contributed by atoms with Crippen molar-refractivity contribution in [2.24, 2.45) is 5.92 Å². The van der Waals surface area contributed by atoms with Crippen molar-refractivity contribution in [1.82, 2.24) is 9.97 Å². The SMILES string of the molecule is C[C@@H]1CN(c2ccc(Nc3ncc(F)c(OC[C@@H]4CCC[C@@H](O)C4)n3)cc2)C[C@H](C)O1. The molecule has 1 aliphatic heterocycles. The van der Waals surface area contributed by atoms with Gasteiger partial charge >= 0.3 is 0 Å². The van der Waals surface area contributed by atoms with Crippen LogP contribution in [-0.4, -0.2) is 53.1 Å². The third-order valence-electron chi connectivity index (χ3n) is 5.83. The van der Waals surface area contributed by atoms with Crippen molar-refractivity contribution in [3.8, 4) is 5.88 Å². The summed E-state index contributed by atoms with van der Waals surface area (Å²) >= 11 is 0. The molecule has 1 saturated heterocycles. The highest BCUT2D eigenvalue weighted by atomic mass is 19.1. The van der Waals surface area contributed by atoms with Crippen molar-refractivity contribution in [2.75, 3.05) is 29.9 Å². The molecule has 0 spiro atoms. The predicted molar refractivity (Wildman–Crippen MR) is 117 cm³/mol. The van der Waals surface area contributed by atoms with E-state index in [1.54, 1.807) is 0 Å². The molecule has 2 heterocycles. The van der Waals surface area contributed by atoms with Gasteiger partial charge in [-0.05, 0) is 63.3 Å². The molecule has 2 aromatic rings. The number of rotatable bonds is 6.